The fourth-order valence-corrected chi connectivity index (χ4v) is 4.73. The normalized spacial score (nSPS) is 30.3. The summed E-state index contributed by atoms with van der Waals surface area (Å²) < 4.78 is 0. The van der Waals surface area contributed by atoms with Crippen molar-refractivity contribution in [3.63, 3.8) is 0 Å². The maximum Gasteiger partial charge on any atom is 0.317 e. The Balaban J connectivity index is 1.71. The van der Waals surface area contributed by atoms with Crippen LogP contribution < -0.4 is 5.32 Å². The Hall–Kier alpha value is -0.420. The molecule has 0 aromatic rings. The maximum atomic E-state index is 12.3. The van der Waals surface area contributed by atoms with Gasteiger partial charge in [-0.3, -0.25) is 4.90 Å². The summed E-state index contributed by atoms with van der Waals surface area (Å²) in [6.07, 6.45) is 9.75. The second-order valence-electron chi connectivity index (χ2n) is 6.50. The monoisotopic (exact) mass is 313 g/mol. The van der Waals surface area contributed by atoms with Gasteiger partial charge < -0.3 is 10.2 Å². The molecule has 0 aromatic heterocycles. The lowest BCUT2D eigenvalue weighted by atomic mass is 10.0. The average molecular weight is 314 g/mol. The number of carbonyl (C=O) groups excluding carboxylic acids is 1. The number of carbonyl (C=O) groups is 1. The van der Waals surface area contributed by atoms with E-state index in [1.165, 1.54) is 38.6 Å². The molecule has 0 aromatic carbocycles. The van der Waals surface area contributed by atoms with Crippen molar-refractivity contribution >= 4 is 17.8 Å². The van der Waals surface area contributed by atoms with Crippen LogP contribution in [-0.2, 0) is 0 Å². The lowest BCUT2D eigenvalue weighted by Crippen LogP contribution is -2.48. The van der Waals surface area contributed by atoms with Gasteiger partial charge in [-0.2, -0.15) is 11.8 Å². The summed E-state index contributed by atoms with van der Waals surface area (Å²) in [5.41, 5.74) is 0. The van der Waals surface area contributed by atoms with E-state index in [9.17, 15) is 4.79 Å². The molecular weight excluding hydrogens is 282 g/mol. The van der Waals surface area contributed by atoms with Crippen molar-refractivity contribution < 1.29 is 4.79 Å². The lowest BCUT2D eigenvalue weighted by Gasteiger charge is -2.34. The molecule has 1 saturated heterocycles. The van der Waals surface area contributed by atoms with Crippen LogP contribution in [0.5, 0.6) is 0 Å². The Kier molecular flexibility index (Phi) is 6.68. The summed E-state index contributed by atoms with van der Waals surface area (Å²) in [6.45, 7) is 5.24. The van der Waals surface area contributed by atoms with Crippen LogP contribution in [0.4, 0.5) is 4.79 Å². The van der Waals surface area contributed by atoms with Crippen LogP contribution in [0.1, 0.15) is 45.4 Å². The molecule has 0 unspecified atom stereocenters. The number of piperidine rings is 1. The van der Waals surface area contributed by atoms with E-state index in [0.29, 0.717) is 17.3 Å². The second kappa shape index (κ2) is 8.28. The van der Waals surface area contributed by atoms with Gasteiger partial charge in [-0.25, -0.2) is 4.79 Å². The Morgan fingerprint density at radius 2 is 2.10 bits per heavy atom. The van der Waals surface area contributed by atoms with E-state index in [2.05, 4.69) is 23.4 Å². The number of hydrogen-bond donors (Lipinski definition) is 1. The number of nitrogens with zero attached hydrogens (tertiary/aromatic N) is 2. The SMILES string of the molecule is CS[C@@H]1CCC[C@@H]1N(C)C(=O)NCCN1CCCC[C@@H]1C. The molecule has 21 heavy (non-hydrogen) atoms. The predicted octanol–water partition coefficient (Wildman–Crippen LogP) is 2.79. The highest BCUT2D eigenvalue weighted by molar-refractivity contribution is 7.99. The molecule has 0 bridgehead atoms. The van der Waals surface area contributed by atoms with E-state index < -0.39 is 0 Å². The van der Waals surface area contributed by atoms with Crippen molar-refractivity contribution in [2.75, 3.05) is 32.9 Å². The molecular formula is C16H31N3OS. The number of urea groups is 1. The predicted molar refractivity (Wildman–Crippen MR) is 91.0 cm³/mol. The third-order valence-electron chi connectivity index (χ3n) is 5.15. The highest BCUT2D eigenvalue weighted by Crippen LogP contribution is 2.31. The summed E-state index contributed by atoms with van der Waals surface area (Å²) in [6, 6.07) is 1.18. The number of thioether (sulfide) groups is 1. The highest BCUT2D eigenvalue weighted by Gasteiger charge is 2.32. The molecule has 2 fully saturated rings. The second-order valence-corrected chi connectivity index (χ2v) is 7.57. The molecule has 1 heterocycles. The van der Waals surface area contributed by atoms with Crippen LogP contribution in [0.2, 0.25) is 0 Å². The zero-order chi connectivity index (χ0) is 15.2. The smallest absolute Gasteiger partial charge is 0.317 e. The molecule has 1 saturated carbocycles. The van der Waals surface area contributed by atoms with Gasteiger partial charge in [0.2, 0.25) is 0 Å². The summed E-state index contributed by atoms with van der Waals surface area (Å²) in [4.78, 5) is 16.7. The van der Waals surface area contributed by atoms with Crippen LogP contribution in [0.25, 0.3) is 0 Å². The van der Waals surface area contributed by atoms with Gasteiger partial charge in [0.15, 0.2) is 0 Å². The van der Waals surface area contributed by atoms with Crippen LogP contribution in [0.15, 0.2) is 0 Å². The first kappa shape index (κ1) is 16.9. The van der Waals surface area contributed by atoms with Gasteiger partial charge in [0, 0.05) is 37.5 Å². The van der Waals surface area contributed by atoms with Crippen LogP contribution >= 0.6 is 11.8 Å². The fraction of sp³-hybridized carbons (Fsp3) is 0.938. The van der Waals surface area contributed by atoms with Gasteiger partial charge in [0.1, 0.15) is 0 Å². The van der Waals surface area contributed by atoms with Crippen molar-refractivity contribution in [2.45, 2.75) is 62.8 Å². The maximum absolute atomic E-state index is 12.3. The van der Waals surface area contributed by atoms with E-state index in [4.69, 9.17) is 0 Å². The minimum Gasteiger partial charge on any atom is -0.337 e. The zero-order valence-corrected chi connectivity index (χ0v) is 14.6. The first-order chi connectivity index (χ1) is 10.1. The van der Waals surface area contributed by atoms with Crippen molar-refractivity contribution in [2.24, 2.45) is 0 Å². The number of likely N-dealkylation sites (tertiary alicyclic amines) is 1. The van der Waals surface area contributed by atoms with Crippen LogP contribution in [0.3, 0.4) is 0 Å². The van der Waals surface area contributed by atoms with Crippen molar-refractivity contribution in [3.8, 4) is 0 Å². The minimum atomic E-state index is 0.102. The van der Waals surface area contributed by atoms with E-state index in [1.807, 2.05) is 23.7 Å². The molecule has 4 nitrogen and oxygen atoms in total. The molecule has 2 rings (SSSR count). The van der Waals surface area contributed by atoms with E-state index in [1.54, 1.807) is 0 Å². The lowest BCUT2D eigenvalue weighted by molar-refractivity contribution is 0.157. The molecule has 1 N–H and O–H groups in total. The molecule has 2 amide bonds. The Bertz CT molecular complexity index is 339. The first-order valence-corrected chi connectivity index (χ1v) is 9.69. The molecule has 3 atom stereocenters. The van der Waals surface area contributed by atoms with Gasteiger partial charge >= 0.3 is 6.03 Å². The molecule has 1 aliphatic heterocycles. The number of amides is 2. The Morgan fingerprint density at radius 1 is 1.29 bits per heavy atom. The third kappa shape index (κ3) is 4.52. The van der Waals surface area contributed by atoms with E-state index in [0.717, 1.165) is 19.5 Å². The standard InChI is InChI=1S/C16H31N3OS/c1-13-7-4-5-11-19(13)12-10-17-16(20)18(2)14-8-6-9-15(14)21-3/h13-15H,4-12H2,1-3H3,(H,17,20)/t13-,14-,15+/m0/s1. The highest BCUT2D eigenvalue weighted by atomic mass is 32.2. The van der Waals surface area contributed by atoms with Crippen molar-refractivity contribution in [1.29, 1.82) is 0 Å². The van der Waals surface area contributed by atoms with Gasteiger partial charge in [-0.15, -0.1) is 0 Å². The summed E-state index contributed by atoms with van der Waals surface area (Å²) in [5, 5.41) is 3.72. The van der Waals surface area contributed by atoms with Crippen molar-refractivity contribution in [1.82, 2.24) is 15.1 Å². The Morgan fingerprint density at radius 3 is 2.81 bits per heavy atom. The molecule has 2 aliphatic rings. The van der Waals surface area contributed by atoms with E-state index in [-0.39, 0.29) is 6.03 Å². The van der Waals surface area contributed by atoms with Crippen LogP contribution in [-0.4, -0.2) is 66.1 Å². The van der Waals surface area contributed by atoms with Gasteiger partial charge in [-0.05, 0) is 45.4 Å². The van der Waals surface area contributed by atoms with Gasteiger partial charge in [0.05, 0.1) is 0 Å². The van der Waals surface area contributed by atoms with Gasteiger partial charge in [-0.1, -0.05) is 12.8 Å². The molecule has 0 radical (unpaired) electrons. The largest absolute Gasteiger partial charge is 0.337 e. The fourth-order valence-electron chi connectivity index (χ4n) is 3.70. The zero-order valence-electron chi connectivity index (χ0n) is 13.8. The van der Waals surface area contributed by atoms with Crippen LogP contribution in [0, 0.1) is 0 Å². The number of rotatable bonds is 5. The quantitative estimate of drug-likeness (QED) is 0.848. The average Bonchev–Trinajstić information content (AvgIpc) is 2.96. The van der Waals surface area contributed by atoms with Crippen molar-refractivity contribution in [3.05, 3.63) is 0 Å². The number of hydrogen-bond acceptors (Lipinski definition) is 3. The minimum absolute atomic E-state index is 0.102. The third-order valence-corrected chi connectivity index (χ3v) is 6.31. The number of nitrogens with one attached hydrogen (secondary N) is 1. The summed E-state index contributed by atoms with van der Waals surface area (Å²) in [7, 11) is 1.96. The molecule has 122 valence electrons. The van der Waals surface area contributed by atoms with E-state index >= 15 is 0 Å². The summed E-state index contributed by atoms with van der Waals surface area (Å²) in [5.74, 6) is 0. The molecule has 5 heteroatoms. The molecule has 1 aliphatic carbocycles. The molecule has 0 spiro atoms. The Labute approximate surface area is 134 Å². The van der Waals surface area contributed by atoms with Gasteiger partial charge in [0.25, 0.3) is 0 Å². The first-order valence-electron chi connectivity index (χ1n) is 8.41. The summed E-state index contributed by atoms with van der Waals surface area (Å²) >= 11 is 1.90. The topological polar surface area (TPSA) is 35.6 Å².